The molecular formula is C14H20N2OS. The maximum absolute atomic E-state index is 9.49. The van der Waals surface area contributed by atoms with Crippen molar-refractivity contribution >= 4 is 23.0 Å². The standard InChI is InChI=1S/C14H20N2OS/c1-2-11-5-3-4-6-13(11)15-14(18)16-9-7-12(17)8-10-16/h3-6,12,17H,2,7-10H2,1H3,(H,15,18). The lowest BCUT2D eigenvalue weighted by atomic mass is 10.1. The molecule has 0 radical (unpaired) electrons. The third-order valence-electron chi connectivity index (χ3n) is 3.39. The van der Waals surface area contributed by atoms with Gasteiger partial charge in [0.05, 0.1) is 6.10 Å². The van der Waals surface area contributed by atoms with Crippen LogP contribution < -0.4 is 5.32 Å². The molecule has 3 nitrogen and oxygen atoms in total. The zero-order chi connectivity index (χ0) is 13.0. The minimum absolute atomic E-state index is 0.160. The molecule has 2 N–H and O–H groups in total. The summed E-state index contributed by atoms with van der Waals surface area (Å²) in [6.07, 6.45) is 2.44. The number of aliphatic hydroxyl groups excluding tert-OH is 1. The number of nitrogens with zero attached hydrogens (tertiary/aromatic N) is 1. The minimum Gasteiger partial charge on any atom is -0.393 e. The molecule has 0 aliphatic carbocycles. The van der Waals surface area contributed by atoms with E-state index in [2.05, 4.69) is 29.3 Å². The SMILES string of the molecule is CCc1ccccc1NC(=S)N1CCC(O)CC1. The van der Waals surface area contributed by atoms with Gasteiger partial charge in [0.25, 0.3) is 0 Å². The summed E-state index contributed by atoms with van der Waals surface area (Å²) in [5, 5.41) is 13.6. The average molecular weight is 264 g/mol. The van der Waals surface area contributed by atoms with Crippen LogP contribution in [0.25, 0.3) is 0 Å². The fourth-order valence-electron chi connectivity index (χ4n) is 2.21. The molecule has 1 aliphatic heterocycles. The quantitative estimate of drug-likeness (QED) is 0.804. The van der Waals surface area contributed by atoms with Crippen molar-refractivity contribution in [1.82, 2.24) is 4.90 Å². The first-order valence-electron chi connectivity index (χ1n) is 6.52. The number of piperidine rings is 1. The third kappa shape index (κ3) is 3.21. The molecule has 2 rings (SSSR count). The van der Waals surface area contributed by atoms with E-state index in [1.165, 1.54) is 5.56 Å². The number of nitrogens with one attached hydrogen (secondary N) is 1. The molecule has 0 spiro atoms. The van der Waals surface area contributed by atoms with Gasteiger partial charge in [0.1, 0.15) is 0 Å². The normalized spacial score (nSPS) is 16.7. The van der Waals surface area contributed by atoms with Crippen molar-refractivity contribution in [3.8, 4) is 0 Å². The van der Waals surface area contributed by atoms with E-state index in [0.717, 1.165) is 43.2 Å². The van der Waals surface area contributed by atoms with Crippen molar-refractivity contribution in [2.75, 3.05) is 18.4 Å². The van der Waals surface area contributed by atoms with Crippen LogP contribution in [0.15, 0.2) is 24.3 Å². The molecule has 1 aliphatic rings. The van der Waals surface area contributed by atoms with E-state index in [4.69, 9.17) is 12.2 Å². The second kappa shape index (κ2) is 6.16. The zero-order valence-electron chi connectivity index (χ0n) is 10.7. The van der Waals surface area contributed by atoms with Gasteiger partial charge >= 0.3 is 0 Å². The number of anilines is 1. The van der Waals surface area contributed by atoms with Gasteiger partial charge < -0.3 is 15.3 Å². The van der Waals surface area contributed by atoms with Crippen LogP contribution in [-0.2, 0) is 6.42 Å². The Bertz CT molecular complexity index is 414. The smallest absolute Gasteiger partial charge is 0.173 e. The Morgan fingerprint density at radius 2 is 2.06 bits per heavy atom. The highest BCUT2D eigenvalue weighted by Gasteiger charge is 2.19. The number of likely N-dealkylation sites (tertiary alicyclic amines) is 1. The van der Waals surface area contributed by atoms with Gasteiger partial charge in [-0.15, -0.1) is 0 Å². The number of hydrogen-bond donors (Lipinski definition) is 2. The topological polar surface area (TPSA) is 35.5 Å². The van der Waals surface area contributed by atoms with E-state index in [1.807, 2.05) is 12.1 Å². The number of rotatable bonds is 2. The Morgan fingerprint density at radius 1 is 1.39 bits per heavy atom. The summed E-state index contributed by atoms with van der Waals surface area (Å²) in [6, 6.07) is 8.24. The van der Waals surface area contributed by atoms with E-state index in [9.17, 15) is 5.11 Å². The fourth-order valence-corrected chi connectivity index (χ4v) is 2.51. The van der Waals surface area contributed by atoms with Crippen LogP contribution in [0.3, 0.4) is 0 Å². The van der Waals surface area contributed by atoms with Crippen molar-refractivity contribution in [1.29, 1.82) is 0 Å². The molecular weight excluding hydrogens is 244 g/mol. The van der Waals surface area contributed by atoms with Crippen molar-refractivity contribution in [3.05, 3.63) is 29.8 Å². The molecule has 1 aromatic carbocycles. The number of para-hydroxylation sites is 1. The minimum atomic E-state index is -0.160. The predicted molar refractivity (Wildman–Crippen MR) is 78.9 cm³/mol. The number of hydrogen-bond acceptors (Lipinski definition) is 2. The molecule has 0 bridgehead atoms. The predicted octanol–water partition coefficient (Wildman–Crippen LogP) is 2.40. The Morgan fingerprint density at radius 3 is 2.72 bits per heavy atom. The summed E-state index contributed by atoms with van der Waals surface area (Å²) in [6.45, 7) is 3.81. The number of thiocarbonyl (C=S) groups is 1. The van der Waals surface area contributed by atoms with Crippen LogP contribution in [0, 0.1) is 0 Å². The second-order valence-corrected chi connectivity index (χ2v) is 5.05. The Labute approximate surface area is 114 Å². The average Bonchev–Trinajstić information content (AvgIpc) is 2.40. The van der Waals surface area contributed by atoms with Crippen molar-refractivity contribution < 1.29 is 5.11 Å². The summed E-state index contributed by atoms with van der Waals surface area (Å²) < 4.78 is 0. The van der Waals surface area contributed by atoms with Crippen LogP contribution in [-0.4, -0.2) is 34.3 Å². The van der Waals surface area contributed by atoms with E-state index >= 15 is 0 Å². The Hall–Kier alpha value is -1.13. The van der Waals surface area contributed by atoms with Gasteiger partial charge in [0, 0.05) is 18.8 Å². The summed E-state index contributed by atoms with van der Waals surface area (Å²) in [5.41, 5.74) is 2.37. The second-order valence-electron chi connectivity index (χ2n) is 4.66. The van der Waals surface area contributed by atoms with Crippen molar-refractivity contribution in [2.24, 2.45) is 0 Å². The molecule has 4 heteroatoms. The fraction of sp³-hybridized carbons (Fsp3) is 0.500. The number of benzene rings is 1. The summed E-state index contributed by atoms with van der Waals surface area (Å²) >= 11 is 5.44. The lowest BCUT2D eigenvalue weighted by Crippen LogP contribution is -2.42. The van der Waals surface area contributed by atoms with Gasteiger partial charge in [-0.05, 0) is 43.1 Å². The Kier molecular flexibility index (Phi) is 4.55. The molecule has 0 aromatic heterocycles. The van der Waals surface area contributed by atoms with Crippen LogP contribution in [0.1, 0.15) is 25.3 Å². The lowest BCUT2D eigenvalue weighted by molar-refractivity contribution is 0.110. The van der Waals surface area contributed by atoms with Crippen LogP contribution in [0.4, 0.5) is 5.69 Å². The maximum atomic E-state index is 9.49. The van der Waals surface area contributed by atoms with E-state index < -0.39 is 0 Å². The molecule has 1 aromatic rings. The number of aliphatic hydroxyl groups is 1. The monoisotopic (exact) mass is 264 g/mol. The highest BCUT2D eigenvalue weighted by Crippen LogP contribution is 2.17. The first kappa shape index (κ1) is 13.3. The third-order valence-corrected chi connectivity index (χ3v) is 3.75. The van der Waals surface area contributed by atoms with Crippen molar-refractivity contribution in [3.63, 3.8) is 0 Å². The van der Waals surface area contributed by atoms with Gasteiger partial charge in [-0.3, -0.25) is 0 Å². The van der Waals surface area contributed by atoms with Crippen LogP contribution in [0.5, 0.6) is 0 Å². The van der Waals surface area contributed by atoms with Gasteiger partial charge in [-0.25, -0.2) is 0 Å². The first-order valence-corrected chi connectivity index (χ1v) is 6.93. The number of aryl methyl sites for hydroxylation is 1. The summed E-state index contributed by atoms with van der Waals surface area (Å²) in [7, 11) is 0. The van der Waals surface area contributed by atoms with Crippen molar-refractivity contribution in [2.45, 2.75) is 32.3 Å². The summed E-state index contributed by atoms with van der Waals surface area (Å²) in [4.78, 5) is 2.13. The van der Waals surface area contributed by atoms with Gasteiger partial charge in [-0.1, -0.05) is 25.1 Å². The van der Waals surface area contributed by atoms with E-state index in [-0.39, 0.29) is 6.10 Å². The molecule has 98 valence electrons. The largest absolute Gasteiger partial charge is 0.393 e. The molecule has 1 heterocycles. The highest BCUT2D eigenvalue weighted by atomic mass is 32.1. The summed E-state index contributed by atoms with van der Waals surface area (Å²) in [5.74, 6) is 0. The van der Waals surface area contributed by atoms with Gasteiger partial charge in [0.15, 0.2) is 5.11 Å². The maximum Gasteiger partial charge on any atom is 0.173 e. The van der Waals surface area contributed by atoms with E-state index in [0.29, 0.717) is 0 Å². The van der Waals surface area contributed by atoms with Gasteiger partial charge in [-0.2, -0.15) is 0 Å². The molecule has 0 unspecified atom stereocenters. The molecule has 1 fully saturated rings. The van der Waals surface area contributed by atoms with Gasteiger partial charge in [0.2, 0.25) is 0 Å². The van der Waals surface area contributed by atoms with E-state index in [1.54, 1.807) is 0 Å². The highest BCUT2D eigenvalue weighted by molar-refractivity contribution is 7.80. The first-order chi connectivity index (χ1) is 8.70. The van der Waals surface area contributed by atoms with Crippen LogP contribution >= 0.6 is 12.2 Å². The van der Waals surface area contributed by atoms with Crippen LogP contribution in [0.2, 0.25) is 0 Å². The Balaban J connectivity index is 1.98. The lowest BCUT2D eigenvalue weighted by Gasteiger charge is -2.32. The molecule has 0 amide bonds. The molecule has 1 saturated heterocycles. The molecule has 0 saturated carbocycles. The molecule has 18 heavy (non-hydrogen) atoms. The molecule has 0 atom stereocenters. The zero-order valence-corrected chi connectivity index (χ0v) is 11.5.